The van der Waals surface area contributed by atoms with E-state index in [0.717, 1.165) is 4.68 Å². The van der Waals surface area contributed by atoms with Crippen LogP contribution in [0.1, 0.15) is 21.5 Å². The molecule has 0 saturated carbocycles. The molecular formula is C11H11ClN4O2S. The van der Waals surface area contributed by atoms with Crippen LogP contribution >= 0.6 is 24.2 Å². The fourth-order valence-corrected chi connectivity index (χ4v) is 2.26. The van der Waals surface area contributed by atoms with E-state index in [1.165, 1.54) is 11.7 Å². The molecule has 0 radical (unpaired) electrons. The van der Waals surface area contributed by atoms with Crippen molar-refractivity contribution in [3.8, 4) is 0 Å². The maximum absolute atomic E-state index is 11.7. The van der Waals surface area contributed by atoms with Crippen molar-refractivity contribution in [3.05, 3.63) is 44.3 Å². The minimum absolute atomic E-state index is 0.159. The molecule has 2 rings (SSSR count). The van der Waals surface area contributed by atoms with Crippen molar-refractivity contribution >= 4 is 29.3 Å². The zero-order valence-electron chi connectivity index (χ0n) is 10.3. The van der Waals surface area contributed by atoms with Gasteiger partial charge in [0.15, 0.2) is 0 Å². The van der Waals surface area contributed by atoms with Gasteiger partial charge in [0.2, 0.25) is 5.12 Å². The Balaban J connectivity index is 2.51. The minimum atomic E-state index is -0.349. The highest BCUT2D eigenvalue weighted by atomic mass is 35.5. The number of halogens is 1. The molecule has 0 unspecified atom stereocenters. The number of benzene rings is 1. The summed E-state index contributed by atoms with van der Waals surface area (Å²) in [5, 5.41) is 7.46. The van der Waals surface area contributed by atoms with Crippen LogP contribution in [0.5, 0.6) is 0 Å². The highest BCUT2D eigenvalue weighted by molar-refractivity contribution is 7.97. The van der Waals surface area contributed by atoms with Gasteiger partial charge in [0.25, 0.3) is 0 Å². The number of thiol groups is 1. The van der Waals surface area contributed by atoms with E-state index in [9.17, 15) is 9.59 Å². The van der Waals surface area contributed by atoms with Crippen LogP contribution in [0.15, 0.2) is 16.9 Å². The van der Waals surface area contributed by atoms with Crippen molar-refractivity contribution in [1.82, 2.24) is 19.8 Å². The zero-order valence-corrected chi connectivity index (χ0v) is 11.9. The van der Waals surface area contributed by atoms with E-state index >= 15 is 0 Å². The fourth-order valence-electron chi connectivity index (χ4n) is 1.75. The molecule has 0 aliphatic heterocycles. The van der Waals surface area contributed by atoms with E-state index in [1.807, 2.05) is 0 Å². The summed E-state index contributed by atoms with van der Waals surface area (Å²) in [7, 11) is 1.51. The average Bonchev–Trinajstić information content (AvgIpc) is 2.65. The van der Waals surface area contributed by atoms with Gasteiger partial charge in [-0.15, -0.1) is 12.6 Å². The Labute approximate surface area is 119 Å². The van der Waals surface area contributed by atoms with Gasteiger partial charge in [0.1, 0.15) is 0 Å². The summed E-state index contributed by atoms with van der Waals surface area (Å²) >= 11 is 9.92. The first kappa shape index (κ1) is 13.8. The Hall–Kier alpha value is -1.60. The van der Waals surface area contributed by atoms with E-state index < -0.39 is 0 Å². The summed E-state index contributed by atoms with van der Waals surface area (Å²) in [6, 6.07) is 3.21. The Morgan fingerprint density at radius 2 is 2.11 bits per heavy atom. The zero-order chi connectivity index (χ0) is 14.2. The number of rotatable bonds is 3. The summed E-state index contributed by atoms with van der Waals surface area (Å²) in [6.07, 6.45) is 0. The first-order valence-corrected chi connectivity index (χ1v) is 6.22. The highest BCUT2D eigenvalue weighted by Gasteiger charge is 2.14. The molecule has 2 aromatic rings. The van der Waals surface area contributed by atoms with Crippen molar-refractivity contribution in [1.29, 1.82) is 0 Å². The van der Waals surface area contributed by atoms with Crippen LogP contribution < -0.4 is 5.69 Å². The van der Waals surface area contributed by atoms with Crippen LogP contribution in [0, 0.1) is 6.92 Å². The Kier molecular flexibility index (Phi) is 3.77. The molecule has 0 atom stereocenters. The third kappa shape index (κ3) is 2.57. The SMILES string of the molecule is Cc1c(C(=O)S)ccc(Cl)c1Cn1nnn(C)c1=O. The lowest BCUT2D eigenvalue weighted by atomic mass is 10.0. The number of carbonyl (C=O) groups excluding carboxylic acids is 1. The number of hydrogen-bond acceptors (Lipinski definition) is 4. The molecule has 0 spiro atoms. The summed E-state index contributed by atoms with van der Waals surface area (Å²) in [5.74, 6) is 0. The molecule has 0 amide bonds. The molecule has 8 heteroatoms. The van der Waals surface area contributed by atoms with Gasteiger partial charge in [-0.25, -0.2) is 4.79 Å². The second-order valence-electron chi connectivity index (χ2n) is 4.05. The van der Waals surface area contributed by atoms with Crippen LogP contribution in [0.4, 0.5) is 0 Å². The molecule has 0 aliphatic rings. The normalized spacial score (nSPS) is 10.7. The first-order chi connectivity index (χ1) is 8.91. The molecular weight excluding hydrogens is 288 g/mol. The maximum atomic E-state index is 11.7. The largest absolute Gasteiger partial charge is 0.363 e. The van der Waals surface area contributed by atoms with Gasteiger partial charge >= 0.3 is 5.69 Å². The lowest BCUT2D eigenvalue weighted by Gasteiger charge is -2.10. The van der Waals surface area contributed by atoms with Crippen LogP contribution in [-0.2, 0) is 13.6 Å². The highest BCUT2D eigenvalue weighted by Crippen LogP contribution is 2.24. The number of carbonyl (C=O) groups is 1. The third-order valence-corrected chi connectivity index (χ3v) is 3.45. The van der Waals surface area contributed by atoms with Gasteiger partial charge in [-0.3, -0.25) is 4.79 Å². The van der Waals surface area contributed by atoms with Crippen molar-refractivity contribution in [2.75, 3.05) is 0 Å². The van der Waals surface area contributed by atoms with Gasteiger partial charge in [0, 0.05) is 17.6 Å². The van der Waals surface area contributed by atoms with Crippen LogP contribution in [0.2, 0.25) is 5.02 Å². The predicted octanol–water partition coefficient (Wildman–Crippen LogP) is 1.06. The molecule has 1 aromatic carbocycles. The lowest BCUT2D eigenvalue weighted by Crippen LogP contribution is -2.24. The van der Waals surface area contributed by atoms with Crippen molar-refractivity contribution in [3.63, 3.8) is 0 Å². The molecule has 0 aliphatic carbocycles. The molecule has 1 heterocycles. The number of hydrogen-bond donors (Lipinski definition) is 1. The smallest absolute Gasteiger partial charge is 0.282 e. The maximum Gasteiger partial charge on any atom is 0.363 e. The fraction of sp³-hybridized carbons (Fsp3) is 0.273. The Morgan fingerprint density at radius 1 is 1.42 bits per heavy atom. The predicted molar refractivity (Wildman–Crippen MR) is 73.9 cm³/mol. The summed E-state index contributed by atoms with van der Waals surface area (Å²) < 4.78 is 2.30. The van der Waals surface area contributed by atoms with E-state index in [2.05, 4.69) is 23.1 Å². The van der Waals surface area contributed by atoms with E-state index in [1.54, 1.807) is 19.1 Å². The first-order valence-electron chi connectivity index (χ1n) is 5.40. The number of nitrogens with zero attached hydrogens (tertiary/aromatic N) is 4. The van der Waals surface area contributed by atoms with Crippen LogP contribution in [0.3, 0.4) is 0 Å². The monoisotopic (exact) mass is 298 g/mol. The van der Waals surface area contributed by atoms with E-state index in [-0.39, 0.29) is 17.3 Å². The van der Waals surface area contributed by atoms with Crippen LogP contribution in [0.25, 0.3) is 0 Å². The van der Waals surface area contributed by atoms with Crippen LogP contribution in [-0.4, -0.2) is 24.9 Å². The van der Waals surface area contributed by atoms with Gasteiger partial charge in [-0.2, -0.15) is 9.36 Å². The molecule has 0 saturated heterocycles. The third-order valence-electron chi connectivity index (χ3n) is 2.86. The van der Waals surface area contributed by atoms with Gasteiger partial charge < -0.3 is 0 Å². The molecule has 100 valence electrons. The summed E-state index contributed by atoms with van der Waals surface area (Å²) in [5.41, 5.74) is 1.45. The van der Waals surface area contributed by atoms with Crippen molar-refractivity contribution < 1.29 is 4.79 Å². The second-order valence-corrected chi connectivity index (χ2v) is 4.86. The quantitative estimate of drug-likeness (QED) is 0.860. The average molecular weight is 299 g/mol. The summed E-state index contributed by atoms with van der Waals surface area (Å²) in [4.78, 5) is 23.1. The van der Waals surface area contributed by atoms with Gasteiger partial charge in [-0.05, 0) is 40.6 Å². The number of aromatic nitrogens is 4. The Morgan fingerprint density at radius 3 is 2.63 bits per heavy atom. The molecule has 19 heavy (non-hydrogen) atoms. The van der Waals surface area contributed by atoms with Crippen molar-refractivity contribution in [2.45, 2.75) is 13.5 Å². The topological polar surface area (TPSA) is 69.8 Å². The van der Waals surface area contributed by atoms with Gasteiger partial charge in [0.05, 0.1) is 6.54 Å². The molecule has 6 nitrogen and oxygen atoms in total. The summed E-state index contributed by atoms with van der Waals surface area (Å²) in [6.45, 7) is 1.91. The van der Waals surface area contributed by atoms with Gasteiger partial charge in [-0.1, -0.05) is 11.6 Å². The van der Waals surface area contributed by atoms with E-state index in [0.29, 0.717) is 21.7 Å². The Bertz CT molecular complexity index is 707. The second kappa shape index (κ2) is 5.18. The molecule has 0 N–H and O–H groups in total. The lowest BCUT2D eigenvalue weighted by molar-refractivity contribution is 0.109. The minimum Gasteiger partial charge on any atom is -0.282 e. The molecule has 1 aromatic heterocycles. The number of tetrazole rings is 1. The molecule has 0 bridgehead atoms. The van der Waals surface area contributed by atoms with Crippen molar-refractivity contribution in [2.24, 2.45) is 7.05 Å². The van der Waals surface area contributed by atoms with E-state index in [4.69, 9.17) is 11.6 Å². The number of aryl methyl sites for hydroxylation is 1. The standard InChI is InChI=1S/C11H11ClN4O2S/c1-6-7(10(17)19)3-4-9(12)8(6)5-16-11(18)15(2)13-14-16/h3-4H,5H2,1-2H3,(H,17,19). The molecule has 0 fully saturated rings.